The van der Waals surface area contributed by atoms with Crippen LogP contribution in [0.5, 0.6) is 0 Å². The van der Waals surface area contributed by atoms with E-state index >= 15 is 0 Å². The Hall–Kier alpha value is -2.36. The zero-order valence-electron chi connectivity index (χ0n) is 13.8. The van der Waals surface area contributed by atoms with Crippen molar-refractivity contribution in [3.63, 3.8) is 0 Å². The summed E-state index contributed by atoms with van der Waals surface area (Å²) in [5.74, 6) is -3.27. The highest BCUT2D eigenvalue weighted by Crippen LogP contribution is 2.37. The number of nitrogens with zero attached hydrogens (tertiary/aromatic N) is 1. The zero-order chi connectivity index (χ0) is 19.7. The molecular weight excluding hydrogens is 373 g/mol. The number of hydrogen-bond donors (Lipinski definition) is 1. The van der Waals surface area contributed by atoms with Crippen LogP contribution < -0.4 is 5.32 Å². The van der Waals surface area contributed by atoms with Crippen LogP contribution in [0.3, 0.4) is 0 Å². The Balaban J connectivity index is 2.19. The lowest BCUT2D eigenvalue weighted by Gasteiger charge is -2.19. The molecule has 0 bridgehead atoms. The molecule has 0 saturated carbocycles. The summed E-state index contributed by atoms with van der Waals surface area (Å²) in [6, 6.07) is 5.52. The maximum absolute atomic E-state index is 13.1. The molecule has 1 aromatic rings. The van der Waals surface area contributed by atoms with Crippen LogP contribution in [0, 0.1) is 5.92 Å². The average molecular weight is 390 g/mol. The normalized spacial score (nSPS) is 20.7. The standard InChI is InChI=1S/C16H17F3N2O4S/c1-3-14(22)20-11-6-4-10(5-7-11)15(23)21-8-12(16(17,18)19)13(9-21)26(2,24)25/h3-7,12-13H,1,8-9H2,2H3,(H,20,22)/t12-,13-/m1/s1. The fourth-order valence-corrected chi connectivity index (χ4v) is 4.05. The molecule has 1 N–H and O–H groups in total. The molecule has 0 unspecified atom stereocenters. The van der Waals surface area contributed by atoms with Gasteiger partial charge in [-0.25, -0.2) is 8.42 Å². The summed E-state index contributed by atoms with van der Waals surface area (Å²) in [6.45, 7) is 2.06. The number of carbonyl (C=O) groups is 2. The van der Waals surface area contributed by atoms with Crippen LogP contribution in [0.25, 0.3) is 0 Å². The highest BCUT2D eigenvalue weighted by molar-refractivity contribution is 7.91. The Labute approximate surface area is 148 Å². The minimum absolute atomic E-state index is 0.0941. The van der Waals surface area contributed by atoms with Crippen molar-refractivity contribution in [2.45, 2.75) is 11.4 Å². The SMILES string of the molecule is C=CC(=O)Nc1ccc(C(=O)N2C[C@@H](C(F)(F)F)[C@H](S(C)(=O)=O)C2)cc1. The summed E-state index contributed by atoms with van der Waals surface area (Å²) < 4.78 is 62.8. The summed E-state index contributed by atoms with van der Waals surface area (Å²) in [5.41, 5.74) is 0.478. The molecule has 1 aliphatic rings. The topological polar surface area (TPSA) is 83.6 Å². The lowest BCUT2D eigenvalue weighted by molar-refractivity contribution is -0.169. The van der Waals surface area contributed by atoms with Gasteiger partial charge in [-0.3, -0.25) is 9.59 Å². The second kappa shape index (κ2) is 7.10. The smallest absolute Gasteiger partial charge is 0.337 e. The van der Waals surface area contributed by atoms with Crippen LogP contribution >= 0.6 is 0 Å². The number of benzene rings is 1. The van der Waals surface area contributed by atoms with Crippen LogP contribution in [-0.2, 0) is 14.6 Å². The number of alkyl halides is 3. The Morgan fingerprint density at radius 3 is 2.23 bits per heavy atom. The number of anilines is 1. The van der Waals surface area contributed by atoms with Crippen molar-refractivity contribution >= 4 is 27.3 Å². The molecule has 10 heteroatoms. The quantitative estimate of drug-likeness (QED) is 0.796. The van der Waals surface area contributed by atoms with Crippen molar-refractivity contribution in [3.05, 3.63) is 42.5 Å². The van der Waals surface area contributed by atoms with Gasteiger partial charge in [0.1, 0.15) is 0 Å². The van der Waals surface area contributed by atoms with Gasteiger partial charge in [-0.15, -0.1) is 0 Å². The highest BCUT2D eigenvalue weighted by Gasteiger charge is 2.54. The molecule has 6 nitrogen and oxygen atoms in total. The van der Waals surface area contributed by atoms with Crippen molar-refractivity contribution in [2.75, 3.05) is 24.7 Å². The molecule has 1 fully saturated rings. The number of sulfone groups is 1. The van der Waals surface area contributed by atoms with Gasteiger partial charge in [0, 0.05) is 30.6 Å². The lowest BCUT2D eigenvalue weighted by atomic mass is 10.1. The molecule has 0 spiro atoms. The van der Waals surface area contributed by atoms with E-state index in [-0.39, 0.29) is 5.56 Å². The third-order valence-corrected chi connectivity index (χ3v) is 5.69. The van der Waals surface area contributed by atoms with E-state index in [9.17, 15) is 31.2 Å². The van der Waals surface area contributed by atoms with Gasteiger partial charge in [-0.05, 0) is 30.3 Å². The molecule has 0 radical (unpaired) electrons. The molecule has 2 rings (SSSR count). The van der Waals surface area contributed by atoms with Gasteiger partial charge in [0.2, 0.25) is 5.91 Å². The second-order valence-corrected chi connectivity index (χ2v) is 8.26. The summed E-state index contributed by atoms with van der Waals surface area (Å²) in [7, 11) is -3.98. The van der Waals surface area contributed by atoms with Crippen LogP contribution in [0.15, 0.2) is 36.9 Å². The van der Waals surface area contributed by atoms with Crippen molar-refractivity contribution in [1.82, 2.24) is 4.90 Å². The Morgan fingerprint density at radius 2 is 1.81 bits per heavy atom. The van der Waals surface area contributed by atoms with E-state index in [1.54, 1.807) is 0 Å². The van der Waals surface area contributed by atoms with Crippen LogP contribution in [0.4, 0.5) is 18.9 Å². The summed E-state index contributed by atoms with van der Waals surface area (Å²) in [6.07, 6.45) is -2.92. The Bertz CT molecular complexity index is 819. The molecule has 0 aliphatic carbocycles. The maximum Gasteiger partial charge on any atom is 0.394 e. The Kier molecular flexibility index (Phi) is 5.45. The highest BCUT2D eigenvalue weighted by atomic mass is 32.2. The number of carbonyl (C=O) groups excluding carboxylic acids is 2. The molecule has 1 aromatic carbocycles. The molecule has 2 amide bonds. The monoisotopic (exact) mass is 390 g/mol. The third-order valence-electron chi connectivity index (χ3n) is 4.11. The molecular formula is C16H17F3N2O4S. The lowest BCUT2D eigenvalue weighted by Crippen LogP contribution is -2.37. The number of hydrogen-bond acceptors (Lipinski definition) is 4. The zero-order valence-corrected chi connectivity index (χ0v) is 14.6. The van der Waals surface area contributed by atoms with Crippen molar-refractivity contribution in [2.24, 2.45) is 5.92 Å². The van der Waals surface area contributed by atoms with Gasteiger partial charge in [-0.1, -0.05) is 6.58 Å². The minimum Gasteiger partial charge on any atom is -0.337 e. The predicted molar refractivity (Wildman–Crippen MR) is 89.3 cm³/mol. The number of halogens is 3. The molecule has 2 atom stereocenters. The summed E-state index contributed by atoms with van der Waals surface area (Å²) in [5, 5.41) is 0.788. The summed E-state index contributed by atoms with van der Waals surface area (Å²) >= 11 is 0. The van der Waals surface area contributed by atoms with E-state index in [2.05, 4.69) is 11.9 Å². The van der Waals surface area contributed by atoms with Gasteiger partial charge in [-0.2, -0.15) is 13.2 Å². The number of rotatable bonds is 4. The van der Waals surface area contributed by atoms with Gasteiger partial charge in [0.05, 0.1) is 11.2 Å². The van der Waals surface area contributed by atoms with Crippen LogP contribution in [0.1, 0.15) is 10.4 Å². The first-order valence-electron chi connectivity index (χ1n) is 7.52. The Morgan fingerprint density at radius 1 is 1.23 bits per heavy atom. The van der Waals surface area contributed by atoms with Crippen molar-refractivity contribution < 1.29 is 31.2 Å². The molecule has 26 heavy (non-hydrogen) atoms. The average Bonchev–Trinajstić information content (AvgIpc) is 3.00. The van der Waals surface area contributed by atoms with E-state index in [0.717, 1.165) is 17.2 Å². The second-order valence-electron chi connectivity index (χ2n) is 6.00. The predicted octanol–water partition coefficient (Wildman–Crippen LogP) is 1.86. The fourth-order valence-electron chi connectivity index (χ4n) is 2.76. The van der Waals surface area contributed by atoms with E-state index < -0.39 is 52.1 Å². The third kappa shape index (κ3) is 4.43. The minimum atomic E-state index is -4.72. The number of nitrogens with one attached hydrogen (secondary N) is 1. The molecule has 1 heterocycles. The van der Waals surface area contributed by atoms with E-state index in [1.807, 2.05) is 0 Å². The van der Waals surface area contributed by atoms with E-state index in [4.69, 9.17) is 0 Å². The van der Waals surface area contributed by atoms with Crippen molar-refractivity contribution in [1.29, 1.82) is 0 Å². The fraction of sp³-hybridized carbons (Fsp3) is 0.375. The first-order valence-corrected chi connectivity index (χ1v) is 9.47. The summed E-state index contributed by atoms with van der Waals surface area (Å²) in [4.78, 5) is 24.5. The maximum atomic E-state index is 13.1. The molecule has 0 aromatic heterocycles. The number of amides is 2. The van der Waals surface area contributed by atoms with Gasteiger partial charge in [0.25, 0.3) is 5.91 Å². The largest absolute Gasteiger partial charge is 0.394 e. The van der Waals surface area contributed by atoms with Gasteiger partial charge < -0.3 is 10.2 Å². The number of likely N-dealkylation sites (tertiary alicyclic amines) is 1. The first-order chi connectivity index (χ1) is 11.9. The van der Waals surface area contributed by atoms with E-state index in [0.29, 0.717) is 5.69 Å². The molecule has 142 valence electrons. The molecule has 1 aliphatic heterocycles. The van der Waals surface area contributed by atoms with Crippen LogP contribution in [-0.4, -0.2) is 55.9 Å². The molecule has 1 saturated heterocycles. The first kappa shape index (κ1) is 20.0. The van der Waals surface area contributed by atoms with Crippen molar-refractivity contribution in [3.8, 4) is 0 Å². The van der Waals surface area contributed by atoms with Gasteiger partial charge >= 0.3 is 6.18 Å². The van der Waals surface area contributed by atoms with Gasteiger partial charge in [0.15, 0.2) is 9.84 Å². The van der Waals surface area contributed by atoms with Crippen LogP contribution in [0.2, 0.25) is 0 Å². The van der Waals surface area contributed by atoms with E-state index in [1.165, 1.54) is 24.3 Å².